The van der Waals surface area contributed by atoms with Gasteiger partial charge >= 0.3 is 0 Å². The lowest BCUT2D eigenvalue weighted by atomic mass is 9.61. The largest absolute Gasteiger partial charge is 0.390 e. The third kappa shape index (κ3) is 3.70. The van der Waals surface area contributed by atoms with Crippen molar-refractivity contribution in [3.8, 4) is 0 Å². The third-order valence-electron chi connectivity index (χ3n) is 9.03. The molecule has 42 heavy (non-hydrogen) atoms. The number of Topliss-reactive ketones (excluding diaryl/α,β-unsaturated/α-hetero) is 1. The highest BCUT2D eigenvalue weighted by molar-refractivity contribution is 7.08. The smallest absolute Gasteiger partial charge is 0.242 e. The molecule has 2 aliphatic heterocycles. The number of nitrogens with one attached hydrogen (secondary N) is 1. The van der Waals surface area contributed by atoms with Gasteiger partial charge in [-0.3, -0.25) is 9.59 Å². The summed E-state index contributed by atoms with van der Waals surface area (Å²) in [7, 11) is 0. The van der Waals surface area contributed by atoms with Gasteiger partial charge in [0.15, 0.2) is 11.4 Å². The minimum Gasteiger partial charge on any atom is -0.390 e. The minimum atomic E-state index is -0.893. The van der Waals surface area contributed by atoms with Crippen molar-refractivity contribution in [3.63, 3.8) is 0 Å². The summed E-state index contributed by atoms with van der Waals surface area (Å²) >= 11 is 1.66. The molecule has 2 aliphatic carbocycles. The Morgan fingerprint density at radius 3 is 2.67 bits per heavy atom. The number of amides is 1. The number of fused-ring (bicyclic) bond motifs is 4. The molecule has 0 spiro atoms. The van der Waals surface area contributed by atoms with Crippen LogP contribution in [-0.4, -0.2) is 41.9 Å². The van der Waals surface area contributed by atoms with Crippen LogP contribution in [-0.2, 0) is 15.1 Å². The number of allylic oxidation sites excluding steroid dienone is 2. The van der Waals surface area contributed by atoms with Gasteiger partial charge in [0.25, 0.3) is 0 Å². The number of carbonyl (C=O) groups is 2. The van der Waals surface area contributed by atoms with Gasteiger partial charge in [0, 0.05) is 43.3 Å². The molecule has 3 aromatic heterocycles. The highest BCUT2D eigenvalue weighted by Gasteiger charge is 2.59. The Hall–Kier alpha value is -4.34. The lowest BCUT2D eigenvalue weighted by molar-refractivity contribution is -0.159. The topological polar surface area (TPSA) is 99.8 Å². The predicted molar refractivity (Wildman–Crippen MR) is 161 cm³/mol. The summed E-state index contributed by atoms with van der Waals surface area (Å²) in [5.74, 6) is -0.110. The third-order valence-corrected chi connectivity index (χ3v) is 9.71. The molecule has 1 amide bonds. The van der Waals surface area contributed by atoms with Crippen LogP contribution in [0.5, 0.6) is 0 Å². The number of aliphatic hydroxyl groups is 1. The molecular formula is C33H29N5O3S. The molecule has 4 aliphatic rings. The molecule has 5 heterocycles. The summed E-state index contributed by atoms with van der Waals surface area (Å²) < 4.78 is 1.86. The summed E-state index contributed by atoms with van der Waals surface area (Å²) in [4.78, 5) is 32.6. The molecule has 0 bridgehead atoms. The molecule has 1 aromatic carbocycles. The number of thiophene rings is 1. The lowest BCUT2D eigenvalue weighted by Crippen LogP contribution is -2.61. The first kappa shape index (κ1) is 25.4. The number of aryl methyl sites for hydroxylation is 1. The van der Waals surface area contributed by atoms with E-state index in [0.29, 0.717) is 12.8 Å². The van der Waals surface area contributed by atoms with Gasteiger partial charge in [-0.25, -0.2) is 4.98 Å². The Balaban J connectivity index is 1.19. The van der Waals surface area contributed by atoms with Gasteiger partial charge in [0.2, 0.25) is 5.91 Å². The fourth-order valence-electron chi connectivity index (χ4n) is 7.22. The maximum absolute atomic E-state index is 13.6. The van der Waals surface area contributed by atoms with Crippen LogP contribution >= 0.6 is 11.3 Å². The number of carbonyl (C=O) groups excluding carboxylic acids is 2. The number of rotatable bonds is 4. The van der Waals surface area contributed by atoms with E-state index in [2.05, 4.69) is 62.6 Å². The van der Waals surface area contributed by atoms with Crippen LogP contribution in [0.15, 0.2) is 77.3 Å². The van der Waals surface area contributed by atoms with Crippen molar-refractivity contribution in [2.45, 2.75) is 50.3 Å². The molecule has 1 saturated carbocycles. The average molecular weight is 576 g/mol. The van der Waals surface area contributed by atoms with E-state index in [-0.39, 0.29) is 24.2 Å². The Kier molecular flexibility index (Phi) is 5.34. The molecule has 8 nitrogen and oxygen atoms in total. The quantitative estimate of drug-likeness (QED) is 0.316. The van der Waals surface area contributed by atoms with Crippen molar-refractivity contribution < 1.29 is 14.7 Å². The first-order chi connectivity index (χ1) is 20.2. The number of nitrogens with zero attached hydrogens (tertiary/aromatic N) is 4. The van der Waals surface area contributed by atoms with Crippen LogP contribution in [0.1, 0.15) is 60.2 Å². The van der Waals surface area contributed by atoms with E-state index >= 15 is 0 Å². The van der Waals surface area contributed by atoms with E-state index in [4.69, 9.17) is 0 Å². The maximum Gasteiger partial charge on any atom is 0.242 e. The van der Waals surface area contributed by atoms with E-state index < -0.39 is 17.1 Å². The van der Waals surface area contributed by atoms with Gasteiger partial charge in [0.1, 0.15) is 11.7 Å². The van der Waals surface area contributed by atoms with E-state index in [0.717, 1.165) is 50.6 Å². The summed E-state index contributed by atoms with van der Waals surface area (Å²) in [5, 5.41) is 23.5. The first-order valence-electron chi connectivity index (χ1n) is 14.2. The lowest BCUT2D eigenvalue weighted by Gasteiger charge is -2.56. The minimum absolute atomic E-state index is 0.0686. The summed E-state index contributed by atoms with van der Waals surface area (Å²) in [5.41, 5.74) is 6.09. The Morgan fingerprint density at radius 1 is 1.14 bits per heavy atom. The summed E-state index contributed by atoms with van der Waals surface area (Å²) in [6.07, 6.45) is 10.7. The molecule has 8 rings (SSSR count). The van der Waals surface area contributed by atoms with E-state index in [1.807, 2.05) is 42.1 Å². The van der Waals surface area contributed by atoms with Gasteiger partial charge < -0.3 is 15.3 Å². The van der Waals surface area contributed by atoms with Crippen LogP contribution in [0.3, 0.4) is 0 Å². The Labute approximate surface area is 246 Å². The molecular weight excluding hydrogens is 546 g/mol. The van der Waals surface area contributed by atoms with E-state index in [1.165, 1.54) is 0 Å². The average Bonchev–Trinajstić information content (AvgIpc) is 3.70. The Morgan fingerprint density at radius 2 is 1.95 bits per heavy atom. The fraction of sp³-hybridized carbons (Fsp3) is 0.273. The van der Waals surface area contributed by atoms with E-state index in [9.17, 15) is 14.7 Å². The molecule has 210 valence electrons. The van der Waals surface area contributed by atoms with Crippen molar-refractivity contribution in [2.24, 2.45) is 5.92 Å². The van der Waals surface area contributed by atoms with Crippen LogP contribution in [0.25, 0.3) is 17.3 Å². The van der Waals surface area contributed by atoms with Crippen molar-refractivity contribution in [1.82, 2.24) is 19.5 Å². The zero-order valence-corrected chi connectivity index (χ0v) is 24.1. The number of benzene rings is 1. The van der Waals surface area contributed by atoms with Gasteiger partial charge in [-0.15, -0.1) is 0 Å². The Bertz CT molecular complexity index is 1870. The molecule has 9 heteroatoms. The van der Waals surface area contributed by atoms with E-state index in [1.54, 1.807) is 23.2 Å². The van der Waals surface area contributed by atoms with Crippen LogP contribution in [0.4, 0.5) is 5.82 Å². The van der Waals surface area contributed by atoms with Crippen LogP contribution in [0.2, 0.25) is 0 Å². The van der Waals surface area contributed by atoms with Gasteiger partial charge in [-0.1, -0.05) is 36.4 Å². The fourth-order valence-corrected chi connectivity index (χ4v) is 7.89. The second kappa shape index (κ2) is 8.83. The van der Waals surface area contributed by atoms with Crippen molar-refractivity contribution in [3.05, 3.63) is 105 Å². The number of hydrogen-bond acceptors (Lipinski definition) is 7. The molecule has 2 atom stereocenters. The summed E-state index contributed by atoms with van der Waals surface area (Å²) in [6, 6.07) is 12.3. The van der Waals surface area contributed by atoms with Crippen LogP contribution in [0, 0.1) is 12.8 Å². The molecule has 0 saturated heterocycles. The van der Waals surface area contributed by atoms with Crippen molar-refractivity contribution in [2.75, 3.05) is 5.32 Å². The van der Waals surface area contributed by atoms with Gasteiger partial charge in [-0.05, 0) is 64.6 Å². The predicted octanol–water partition coefficient (Wildman–Crippen LogP) is 5.42. The number of hydrogen-bond donors (Lipinski definition) is 2. The van der Waals surface area contributed by atoms with Gasteiger partial charge in [0.05, 0.1) is 22.9 Å². The second-order valence-electron chi connectivity index (χ2n) is 12.2. The second-order valence-corrected chi connectivity index (χ2v) is 12.9. The van der Waals surface area contributed by atoms with Crippen molar-refractivity contribution >= 4 is 46.1 Å². The monoisotopic (exact) mass is 575 g/mol. The highest BCUT2D eigenvalue weighted by Crippen LogP contribution is 2.55. The number of anilines is 1. The maximum atomic E-state index is 13.6. The molecule has 2 N–H and O–H groups in total. The molecule has 4 aromatic rings. The number of aromatic nitrogens is 3. The van der Waals surface area contributed by atoms with Gasteiger partial charge in [-0.2, -0.15) is 21.0 Å². The zero-order valence-electron chi connectivity index (χ0n) is 23.2. The zero-order chi connectivity index (χ0) is 28.8. The molecule has 0 radical (unpaired) electrons. The molecule has 1 fully saturated rings. The van der Waals surface area contributed by atoms with Crippen LogP contribution < -0.4 is 5.32 Å². The SMILES string of the molecule is Cc1cc2ncc3c(n2n1)NC(c1ccc(C2(N4C=C5C=CCC(=O)C5C4=O)CC(C)(O)C2)cc1)C(c1ccsc1)=C3. The highest BCUT2D eigenvalue weighted by atomic mass is 32.1. The standard InChI is InChI=1S/C33H29N5O3S/c1-19-12-27-34-14-23-13-25(22-10-11-42-16-22)29(35-30(23)38(27)36-19)20-6-8-24(9-7-20)33(17-32(2,41)18-33)37-15-21-4-3-5-26(39)28(21)31(37)40/h3-4,6-16,28-29,35,41H,5,17-18H2,1-2H3. The summed E-state index contributed by atoms with van der Waals surface area (Å²) in [6.45, 7) is 3.77. The normalized spacial score (nSPS) is 28.2. The molecule has 2 unspecified atom stereocenters. The van der Waals surface area contributed by atoms with Crippen molar-refractivity contribution in [1.29, 1.82) is 0 Å². The number of ketones is 1. The first-order valence-corrected chi connectivity index (χ1v) is 15.1.